The standard InChI is InChI=1S/C14H22N2O/c1-2-17-13-8-12(9-13)16-10-14(15)11-6-4-3-5-7-11/h3-7,12-14,16H,2,8-10,15H2,1H3. The first-order chi connectivity index (χ1) is 8.29. The maximum atomic E-state index is 6.12. The molecule has 1 atom stereocenters. The van der Waals surface area contributed by atoms with Gasteiger partial charge >= 0.3 is 0 Å². The van der Waals surface area contributed by atoms with Crippen LogP contribution >= 0.6 is 0 Å². The van der Waals surface area contributed by atoms with E-state index in [4.69, 9.17) is 10.5 Å². The highest BCUT2D eigenvalue weighted by atomic mass is 16.5. The van der Waals surface area contributed by atoms with Crippen molar-refractivity contribution in [1.82, 2.24) is 5.32 Å². The van der Waals surface area contributed by atoms with E-state index in [-0.39, 0.29) is 6.04 Å². The van der Waals surface area contributed by atoms with Gasteiger partial charge in [-0.25, -0.2) is 0 Å². The lowest BCUT2D eigenvalue weighted by Crippen LogP contribution is -2.47. The second-order valence-corrected chi connectivity index (χ2v) is 4.67. The summed E-state index contributed by atoms with van der Waals surface area (Å²) in [4.78, 5) is 0. The Morgan fingerprint density at radius 2 is 2.06 bits per heavy atom. The van der Waals surface area contributed by atoms with Crippen LogP contribution < -0.4 is 11.1 Å². The number of rotatable bonds is 6. The van der Waals surface area contributed by atoms with E-state index >= 15 is 0 Å². The Balaban J connectivity index is 1.66. The van der Waals surface area contributed by atoms with E-state index in [0.29, 0.717) is 12.1 Å². The van der Waals surface area contributed by atoms with Crippen LogP contribution in [0.25, 0.3) is 0 Å². The quantitative estimate of drug-likeness (QED) is 0.789. The van der Waals surface area contributed by atoms with E-state index in [1.54, 1.807) is 0 Å². The molecule has 1 aromatic rings. The van der Waals surface area contributed by atoms with Crippen LogP contribution in [0.4, 0.5) is 0 Å². The molecule has 3 heteroatoms. The van der Waals surface area contributed by atoms with Gasteiger partial charge in [-0.1, -0.05) is 30.3 Å². The van der Waals surface area contributed by atoms with E-state index in [2.05, 4.69) is 17.4 Å². The fourth-order valence-corrected chi connectivity index (χ4v) is 2.22. The third-order valence-electron chi connectivity index (χ3n) is 3.35. The van der Waals surface area contributed by atoms with Gasteiger partial charge in [0.15, 0.2) is 0 Å². The molecule has 0 saturated heterocycles. The average Bonchev–Trinajstić information content (AvgIpc) is 2.32. The van der Waals surface area contributed by atoms with E-state index in [1.165, 1.54) is 5.56 Å². The molecule has 3 nitrogen and oxygen atoms in total. The Kier molecular flexibility index (Phi) is 4.54. The molecule has 0 heterocycles. The molecule has 1 aliphatic carbocycles. The van der Waals surface area contributed by atoms with E-state index < -0.39 is 0 Å². The third kappa shape index (κ3) is 3.53. The lowest BCUT2D eigenvalue weighted by atomic mass is 9.89. The maximum absolute atomic E-state index is 6.12. The Morgan fingerprint density at radius 3 is 2.71 bits per heavy atom. The van der Waals surface area contributed by atoms with Crippen LogP contribution in [0, 0.1) is 0 Å². The van der Waals surface area contributed by atoms with Gasteiger partial charge in [0, 0.05) is 25.2 Å². The molecule has 0 amide bonds. The zero-order chi connectivity index (χ0) is 12.1. The minimum Gasteiger partial charge on any atom is -0.378 e. The molecule has 0 bridgehead atoms. The second kappa shape index (κ2) is 6.15. The number of hydrogen-bond donors (Lipinski definition) is 2. The van der Waals surface area contributed by atoms with Crippen molar-refractivity contribution < 1.29 is 4.74 Å². The van der Waals surface area contributed by atoms with Gasteiger partial charge in [-0.15, -0.1) is 0 Å². The zero-order valence-electron chi connectivity index (χ0n) is 10.4. The molecule has 3 N–H and O–H groups in total. The van der Waals surface area contributed by atoms with Crippen molar-refractivity contribution in [1.29, 1.82) is 0 Å². The average molecular weight is 234 g/mol. The normalized spacial score (nSPS) is 25.3. The van der Waals surface area contributed by atoms with Crippen molar-refractivity contribution >= 4 is 0 Å². The van der Waals surface area contributed by atoms with Crippen LogP contribution in [0.2, 0.25) is 0 Å². The summed E-state index contributed by atoms with van der Waals surface area (Å²) in [6, 6.07) is 10.9. The van der Waals surface area contributed by atoms with Gasteiger partial charge in [0.05, 0.1) is 6.10 Å². The number of ether oxygens (including phenoxy) is 1. The first-order valence-electron chi connectivity index (χ1n) is 6.45. The van der Waals surface area contributed by atoms with Crippen molar-refractivity contribution in [2.75, 3.05) is 13.2 Å². The monoisotopic (exact) mass is 234 g/mol. The summed E-state index contributed by atoms with van der Waals surface area (Å²) < 4.78 is 5.53. The molecule has 1 unspecified atom stereocenters. The molecule has 0 radical (unpaired) electrons. The summed E-state index contributed by atoms with van der Waals surface area (Å²) in [7, 11) is 0. The number of nitrogens with two attached hydrogens (primary N) is 1. The zero-order valence-corrected chi connectivity index (χ0v) is 10.4. The minimum atomic E-state index is 0.0855. The van der Waals surface area contributed by atoms with Gasteiger partial charge in [-0.05, 0) is 25.3 Å². The summed E-state index contributed by atoms with van der Waals surface area (Å²) in [5.74, 6) is 0. The van der Waals surface area contributed by atoms with Crippen molar-refractivity contribution in [2.24, 2.45) is 5.73 Å². The molecule has 1 aromatic carbocycles. The number of benzene rings is 1. The molecule has 0 aromatic heterocycles. The SMILES string of the molecule is CCOC1CC(NCC(N)c2ccccc2)C1. The van der Waals surface area contributed by atoms with Crippen LogP contribution in [0.1, 0.15) is 31.4 Å². The van der Waals surface area contributed by atoms with Gasteiger partial charge < -0.3 is 15.8 Å². The van der Waals surface area contributed by atoms with E-state index in [9.17, 15) is 0 Å². The van der Waals surface area contributed by atoms with Crippen molar-refractivity contribution in [2.45, 2.75) is 38.0 Å². The van der Waals surface area contributed by atoms with E-state index in [1.807, 2.05) is 25.1 Å². The Hall–Kier alpha value is -0.900. The summed E-state index contributed by atoms with van der Waals surface area (Å²) in [5, 5.41) is 3.50. The highest BCUT2D eigenvalue weighted by molar-refractivity contribution is 5.18. The van der Waals surface area contributed by atoms with E-state index in [0.717, 1.165) is 26.0 Å². The largest absolute Gasteiger partial charge is 0.378 e. The molecule has 1 aliphatic rings. The van der Waals surface area contributed by atoms with Gasteiger partial charge in [0.1, 0.15) is 0 Å². The van der Waals surface area contributed by atoms with Crippen LogP contribution in [0.15, 0.2) is 30.3 Å². The number of nitrogens with one attached hydrogen (secondary N) is 1. The molecule has 2 rings (SSSR count). The van der Waals surface area contributed by atoms with Gasteiger partial charge in [0.2, 0.25) is 0 Å². The third-order valence-corrected chi connectivity index (χ3v) is 3.35. The maximum Gasteiger partial charge on any atom is 0.0604 e. The first kappa shape index (κ1) is 12.6. The van der Waals surface area contributed by atoms with Crippen LogP contribution in [-0.2, 0) is 4.74 Å². The minimum absolute atomic E-state index is 0.0855. The topological polar surface area (TPSA) is 47.3 Å². The molecular formula is C14H22N2O. The molecule has 0 aliphatic heterocycles. The lowest BCUT2D eigenvalue weighted by molar-refractivity contribution is -0.00999. The van der Waals surface area contributed by atoms with Crippen molar-refractivity contribution in [3.8, 4) is 0 Å². The first-order valence-corrected chi connectivity index (χ1v) is 6.45. The summed E-state index contributed by atoms with van der Waals surface area (Å²) >= 11 is 0. The Morgan fingerprint density at radius 1 is 1.35 bits per heavy atom. The van der Waals surface area contributed by atoms with Crippen LogP contribution in [0.5, 0.6) is 0 Å². The highest BCUT2D eigenvalue weighted by Crippen LogP contribution is 2.23. The predicted octanol–water partition coefficient (Wildman–Crippen LogP) is 1.84. The fraction of sp³-hybridized carbons (Fsp3) is 0.571. The smallest absolute Gasteiger partial charge is 0.0604 e. The molecule has 0 spiro atoms. The lowest BCUT2D eigenvalue weighted by Gasteiger charge is -2.36. The summed E-state index contributed by atoms with van der Waals surface area (Å²) in [6.07, 6.45) is 2.70. The van der Waals surface area contributed by atoms with Crippen LogP contribution in [-0.4, -0.2) is 25.3 Å². The molecular weight excluding hydrogens is 212 g/mol. The molecule has 94 valence electrons. The Bertz CT molecular complexity index is 322. The highest BCUT2D eigenvalue weighted by Gasteiger charge is 2.29. The van der Waals surface area contributed by atoms with Gasteiger partial charge in [-0.3, -0.25) is 0 Å². The fourth-order valence-electron chi connectivity index (χ4n) is 2.22. The second-order valence-electron chi connectivity index (χ2n) is 4.67. The van der Waals surface area contributed by atoms with Gasteiger partial charge in [-0.2, -0.15) is 0 Å². The van der Waals surface area contributed by atoms with Gasteiger partial charge in [0.25, 0.3) is 0 Å². The summed E-state index contributed by atoms with van der Waals surface area (Å²) in [5.41, 5.74) is 7.32. The van der Waals surface area contributed by atoms with Crippen molar-refractivity contribution in [3.05, 3.63) is 35.9 Å². The Labute approximate surface area is 103 Å². The number of hydrogen-bond acceptors (Lipinski definition) is 3. The molecule has 1 saturated carbocycles. The summed E-state index contributed by atoms with van der Waals surface area (Å²) in [6.45, 7) is 3.71. The predicted molar refractivity (Wildman–Crippen MR) is 69.8 cm³/mol. The van der Waals surface area contributed by atoms with Crippen molar-refractivity contribution in [3.63, 3.8) is 0 Å². The molecule has 1 fully saturated rings. The van der Waals surface area contributed by atoms with Crippen LogP contribution in [0.3, 0.4) is 0 Å². The molecule has 17 heavy (non-hydrogen) atoms.